The van der Waals surface area contributed by atoms with Crippen molar-refractivity contribution >= 4 is 11.5 Å². The van der Waals surface area contributed by atoms with Gasteiger partial charge < -0.3 is 5.32 Å². The number of aromatic nitrogens is 4. The number of aryl methyl sites for hydroxylation is 1. The standard InChI is InChI=1S/C13H20N6/c1-10(18-6-3-4-7-18)9-15-12-13-17-16-11(2)19(13)8-5-14-12/h5,8,10H,3-4,6-7,9H2,1-2H3,(H,14,15). The monoisotopic (exact) mass is 260 g/mol. The highest BCUT2D eigenvalue weighted by molar-refractivity contribution is 5.61. The Labute approximate surface area is 112 Å². The average molecular weight is 260 g/mol. The van der Waals surface area contributed by atoms with Crippen molar-refractivity contribution in [2.75, 3.05) is 25.0 Å². The molecule has 3 heterocycles. The second kappa shape index (κ2) is 5.13. The quantitative estimate of drug-likeness (QED) is 0.898. The van der Waals surface area contributed by atoms with Crippen LogP contribution in [0.25, 0.3) is 5.65 Å². The van der Waals surface area contributed by atoms with Gasteiger partial charge in [0.05, 0.1) is 0 Å². The van der Waals surface area contributed by atoms with Crippen LogP contribution in [-0.2, 0) is 0 Å². The molecule has 2 aromatic heterocycles. The summed E-state index contributed by atoms with van der Waals surface area (Å²) in [7, 11) is 0. The van der Waals surface area contributed by atoms with Crippen molar-refractivity contribution in [3.8, 4) is 0 Å². The molecule has 1 saturated heterocycles. The molecule has 0 aromatic carbocycles. The number of hydrogen-bond donors (Lipinski definition) is 1. The van der Waals surface area contributed by atoms with Crippen molar-refractivity contribution in [2.45, 2.75) is 32.7 Å². The molecule has 3 rings (SSSR count). The van der Waals surface area contributed by atoms with E-state index in [-0.39, 0.29) is 0 Å². The van der Waals surface area contributed by atoms with Crippen LogP contribution in [0.3, 0.4) is 0 Å². The number of hydrogen-bond acceptors (Lipinski definition) is 5. The van der Waals surface area contributed by atoms with Crippen molar-refractivity contribution in [3.05, 3.63) is 18.2 Å². The van der Waals surface area contributed by atoms with E-state index in [2.05, 4.69) is 32.3 Å². The van der Waals surface area contributed by atoms with Gasteiger partial charge in [0, 0.05) is 25.0 Å². The summed E-state index contributed by atoms with van der Waals surface area (Å²) in [6.07, 6.45) is 6.31. The molecular weight excluding hydrogens is 240 g/mol. The van der Waals surface area contributed by atoms with Gasteiger partial charge in [-0.1, -0.05) is 0 Å². The minimum absolute atomic E-state index is 0.522. The predicted molar refractivity (Wildman–Crippen MR) is 74.3 cm³/mol. The summed E-state index contributed by atoms with van der Waals surface area (Å²) in [5, 5.41) is 11.7. The van der Waals surface area contributed by atoms with Crippen LogP contribution in [0.15, 0.2) is 12.4 Å². The van der Waals surface area contributed by atoms with Crippen LogP contribution in [0.1, 0.15) is 25.6 Å². The first kappa shape index (κ1) is 12.3. The fourth-order valence-electron chi connectivity index (χ4n) is 2.62. The summed E-state index contributed by atoms with van der Waals surface area (Å²) < 4.78 is 1.95. The Bertz CT molecular complexity index is 557. The molecule has 1 unspecified atom stereocenters. The molecule has 0 aliphatic carbocycles. The summed E-state index contributed by atoms with van der Waals surface area (Å²) >= 11 is 0. The zero-order valence-corrected chi connectivity index (χ0v) is 11.5. The van der Waals surface area contributed by atoms with Crippen LogP contribution >= 0.6 is 0 Å². The van der Waals surface area contributed by atoms with E-state index < -0.39 is 0 Å². The summed E-state index contributed by atoms with van der Waals surface area (Å²) in [6, 6.07) is 0.522. The van der Waals surface area contributed by atoms with Gasteiger partial charge in [0.1, 0.15) is 5.82 Å². The van der Waals surface area contributed by atoms with E-state index in [0.29, 0.717) is 6.04 Å². The molecule has 1 aliphatic heterocycles. The van der Waals surface area contributed by atoms with E-state index in [1.807, 2.05) is 17.5 Å². The zero-order valence-electron chi connectivity index (χ0n) is 11.5. The second-order valence-corrected chi connectivity index (χ2v) is 5.19. The van der Waals surface area contributed by atoms with E-state index >= 15 is 0 Å². The summed E-state index contributed by atoms with van der Waals surface area (Å²) in [4.78, 5) is 6.88. The highest BCUT2D eigenvalue weighted by atomic mass is 15.3. The lowest BCUT2D eigenvalue weighted by Crippen LogP contribution is -2.35. The third-order valence-electron chi connectivity index (χ3n) is 3.83. The van der Waals surface area contributed by atoms with E-state index in [9.17, 15) is 0 Å². The molecule has 1 N–H and O–H groups in total. The van der Waals surface area contributed by atoms with Gasteiger partial charge in [-0.3, -0.25) is 9.30 Å². The Morgan fingerprint density at radius 1 is 1.32 bits per heavy atom. The Kier molecular flexibility index (Phi) is 3.33. The molecule has 1 fully saturated rings. The normalized spacial score (nSPS) is 18.0. The van der Waals surface area contributed by atoms with Gasteiger partial charge in [0.25, 0.3) is 0 Å². The molecule has 0 spiro atoms. The zero-order chi connectivity index (χ0) is 13.2. The molecule has 0 amide bonds. The largest absolute Gasteiger partial charge is 0.365 e. The topological polar surface area (TPSA) is 58.4 Å². The maximum Gasteiger partial charge on any atom is 0.203 e. The molecule has 0 radical (unpaired) electrons. The van der Waals surface area contributed by atoms with Gasteiger partial charge in [-0.25, -0.2) is 4.98 Å². The minimum Gasteiger partial charge on any atom is -0.365 e. The number of nitrogens with one attached hydrogen (secondary N) is 1. The number of nitrogens with zero attached hydrogens (tertiary/aromatic N) is 5. The number of fused-ring (bicyclic) bond motifs is 1. The highest BCUT2D eigenvalue weighted by Crippen LogP contribution is 2.14. The maximum absolute atomic E-state index is 4.37. The van der Waals surface area contributed by atoms with Crippen molar-refractivity contribution < 1.29 is 0 Å². The van der Waals surface area contributed by atoms with Gasteiger partial charge in [-0.2, -0.15) is 0 Å². The maximum atomic E-state index is 4.37. The minimum atomic E-state index is 0.522. The third kappa shape index (κ3) is 2.40. The van der Waals surface area contributed by atoms with Gasteiger partial charge in [-0.05, 0) is 39.8 Å². The first-order valence-corrected chi connectivity index (χ1v) is 6.90. The Hall–Kier alpha value is -1.69. The van der Waals surface area contributed by atoms with Crippen molar-refractivity contribution in [1.29, 1.82) is 0 Å². The summed E-state index contributed by atoms with van der Waals surface area (Å²) in [6.45, 7) is 7.51. The molecular formula is C13H20N6. The molecule has 102 valence electrons. The van der Waals surface area contributed by atoms with Crippen LogP contribution < -0.4 is 5.32 Å². The first-order valence-electron chi connectivity index (χ1n) is 6.90. The van der Waals surface area contributed by atoms with Crippen molar-refractivity contribution in [3.63, 3.8) is 0 Å². The summed E-state index contributed by atoms with van der Waals surface area (Å²) in [5.74, 6) is 1.70. The van der Waals surface area contributed by atoms with E-state index in [4.69, 9.17) is 0 Å². The molecule has 1 atom stereocenters. The fourth-order valence-corrected chi connectivity index (χ4v) is 2.62. The third-order valence-corrected chi connectivity index (χ3v) is 3.83. The van der Waals surface area contributed by atoms with Crippen LogP contribution in [0.5, 0.6) is 0 Å². The first-order chi connectivity index (χ1) is 9.25. The number of rotatable bonds is 4. The Morgan fingerprint density at radius 2 is 2.11 bits per heavy atom. The van der Waals surface area contributed by atoms with Gasteiger partial charge in [0.2, 0.25) is 5.65 Å². The Morgan fingerprint density at radius 3 is 2.89 bits per heavy atom. The van der Waals surface area contributed by atoms with E-state index in [1.165, 1.54) is 25.9 Å². The van der Waals surface area contributed by atoms with E-state index in [0.717, 1.165) is 23.8 Å². The van der Waals surface area contributed by atoms with Crippen LogP contribution in [0.2, 0.25) is 0 Å². The lowest BCUT2D eigenvalue weighted by atomic mass is 10.3. The lowest BCUT2D eigenvalue weighted by Gasteiger charge is -2.24. The number of likely N-dealkylation sites (tertiary alicyclic amines) is 1. The lowest BCUT2D eigenvalue weighted by molar-refractivity contribution is 0.269. The highest BCUT2D eigenvalue weighted by Gasteiger charge is 2.18. The molecule has 6 nitrogen and oxygen atoms in total. The van der Waals surface area contributed by atoms with Gasteiger partial charge in [-0.15, -0.1) is 10.2 Å². The molecule has 1 aliphatic rings. The molecule has 0 saturated carbocycles. The molecule has 2 aromatic rings. The average Bonchev–Trinajstić information content (AvgIpc) is 3.07. The molecule has 19 heavy (non-hydrogen) atoms. The summed E-state index contributed by atoms with van der Waals surface area (Å²) in [5.41, 5.74) is 0.800. The van der Waals surface area contributed by atoms with Crippen molar-refractivity contribution in [2.24, 2.45) is 0 Å². The Balaban J connectivity index is 1.71. The second-order valence-electron chi connectivity index (χ2n) is 5.19. The van der Waals surface area contributed by atoms with Crippen LogP contribution in [0, 0.1) is 6.92 Å². The van der Waals surface area contributed by atoms with Crippen LogP contribution in [0.4, 0.5) is 5.82 Å². The van der Waals surface area contributed by atoms with Gasteiger partial charge in [0.15, 0.2) is 5.82 Å². The number of anilines is 1. The van der Waals surface area contributed by atoms with E-state index in [1.54, 1.807) is 6.20 Å². The molecule has 6 heteroatoms. The predicted octanol–water partition coefficient (Wildman–Crippen LogP) is 1.33. The SMILES string of the molecule is Cc1nnc2c(NCC(C)N3CCCC3)nccn12. The molecule has 0 bridgehead atoms. The smallest absolute Gasteiger partial charge is 0.203 e. The van der Waals surface area contributed by atoms with Crippen molar-refractivity contribution in [1.82, 2.24) is 24.5 Å². The van der Waals surface area contributed by atoms with Gasteiger partial charge >= 0.3 is 0 Å². The van der Waals surface area contributed by atoms with Crippen LogP contribution in [-0.4, -0.2) is 50.2 Å². The fraction of sp³-hybridized carbons (Fsp3) is 0.615.